The van der Waals surface area contributed by atoms with Crippen molar-refractivity contribution >= 4 is 27.3 Å². The van der Waals surface area contributed by atoms with Gasteiger partial charge >= 0.3 is 6.43 Å². The lowest BCUT2D eigenvalue weighted by atomic mass is 10.5. The van der Waals surface area contributed by atoms with Crippen molar-refractivity contribution in [2.75, 3.05) is 10.1 Å². The van der Waals surface area contributed by atoms with Crippen LogP contribution in [0.25, 0.3) is 10.8 Å². The van der Waals surface area contributed by atoms with Crippen molar-refractivity contribution in [3.63, 3.8) is 0 Å². The van der Waals surface area contributed by atoms with Gasteiger partial charge in [0.05, 0.1) is 30.9 Å². The summed E-state index contributed by atoms with van der Waals surface area (Å²) in [7, 11) is -3.78. The molecule has 27 heavy (non-hydrogen) atoms. The molecule has 0 N–H and O–H groups in total. The minimum atomic E-state index is -3.78. The van der Waals surface area contributed by atoms with Gasteiger partial charge in [0, 0.05) is 0 Å². The summed E-state index contributed by atoms with van der Waals surface area (Å²) in [6.07, 6.45) is 0.0840. The molecule has 9 nitrogen and oxygen atoms in total. The smallest absolute Gasteiger partial charge is 0.314 e. The van der Waals surface area contributed by atoms with E-state index in [1.807, 2.05) is 0 Å². The lowest BCUT2D eigenvalue weighted by molar-refractivity contribution is 0.116. The quantitative estimate of drug-likeness (QED) is 0.572. The van der Waals surface area contributed by atoms with Crippen molar-refractivity contribution in [2.45, 2.75) is 19.9 Å². The van der Waals surface area contributed by atoms with E-state index in [0.717, 1.165) is 28.0 Å². The number of alkyl halides is 2. The van der Waals surface area contributed by atoms with Crippen LogP contribution in [0.5, 0.6) is 0 Å². The van der Waals surface area contributed by atoms with E-state index in [1.165, 1.54) is 13.1 Å². The van der Waals surface area contributed by atoms with E-state index in [1.54, 1.807) is 0 Å². The summed E-state index contributed by atoms with van der Waals surface area (Å²) in [5.74, 6) is -2.15. The molecule has 0 atom stereocenters. The van der Waals surface area contributed by atoms with E-state index < -0.39 is 28.2 Å². The molecule has 0 unspecified atom stereocenters. The molecular weight excluding hydrogens is 409 g/mol. The standard InChI is InChI=1S/C13H11F3N6O3S2/c1-2-27(23,24)22(13-18-3-7(14)4-19-13)6-9-17-5-8(26-9)11-20-21-12(25-11)10(15)16/h3-5,10H,2,6H2,1H3. The van der Waals surface area contributed by atoms with E-state index in [4.69, 9.17) is 4.42 Å². The topological polar surface area (TPSA) is 115 Å². The first kappa shape index (κ1) is 19.2. The molecule has 0 radical (unpaired) electrons. The van der Waals surface area contributed by atoms with Gasteiger partial charge in [0.2, 0.25) is 16.0 Å². The summed E-state index contributed by atoms with van der Waals surface area (Å²) in [6, 6.07) is 0. The maximum atomic E-state index is 13.0. The highest BCUT2D eigenvalue weighted by molar-refractivity contribution is 7.92. The second kappa shape index (κ2) is 7.56. The second-order valence-electron chi connectivity index (χ2n) is 4.97. The number of halogens is 3. The largest absolute Gasteiger partial charge is 0.414 e. The normalized spacial score (nSPS) is 11.9. The van der Waals surface area contributed by atoms with Gasteiger partial charge in [0.1, 0.15) is 9.88 Å². The van der Waals surface area contributed by atoms with Gasteiger partial charge in [-0.2, -0.15) is 8.78 Å². The Bertz CT molecular complexity index is 1020. The Morgan fingerprint density at radius 2 is 1.89 bits per heavy atom. The van der Waals surface area contributed by atoms with E-state index >= 15 is 0 Å². The van der Waals surface area contributed by atoms with Gasteiger partial charge in [-0.3, -0.25) is 0 Å². The summed E-state index contributed by atoms with van der Waals surface area (Å²) in [6.45, 7) is 1.20. The molecule has 3 heterocycles. The fourth-order valence-corrected chi connectivity index (χ4v) is 3.79. The van der Waals surface area contributed by atoms with Crippen LogP contribution in [0.1, 0.15) is 24.2 Å². The van der Waals surface area contributed by atoms with Crippen LogP contribution in [-0.4, -0.2) is 39.3 Å². The summed E-state index contributed by atoms with van der Waals surface area (Å²) in [5.41, 5.74) is 0. The summed E-state index contributed by atoms with van der Waals surface area (Å²) in [4.78, 5) is 11.7. The lowest BCUT2D eigenvalue weighted by Gasteiger charge is -2.20. The van der Waals surface area contributed by atoms with Gasteiger partial charge < -0.3 is 4.42 Å². The van der Waals surface area contributed by atoms with Gasteiger partial charge in [-0.1, -0.05) is 0 Å². The number of aromatic nitrogens is 5. The first-order valence-corrected chi connectivity index (χ1v) is 9.77. The van der Waals surface area contributed by atoms with Crippen molar-refractivity contribution in [1.82, 2.24) is 25.1 Å². The number of thiazole rings is 1. The number of nitrogens with zero attached hydrogens (tertiary/aromatic N) is 6. The fourth-order valence-electron chi connectivity index (χ4n) is 1.91. The van der Waals surface area contributed by atoms with Crippen LogP contribution in [0.3, 0.4) is 0 Å². The Balaban J connectivity index is 1.88. The monoisotopic (exact) mass is 420 g/mol. The van der Waals surface area contributed by atoms with Crippen LogP contribution in [0.15, 0.2) is 23.0 Å². The number of anilines is 1. The second-order valence-corrected chi connectivity index (χ2v) is 8.27. The molecule has 3 aromatic heterocycles. The van der Waals surface area contributed by atoms with Gasteiger partial charge in [-0.25, -0.2) is 32.1 Å². The van der Waals surface area contributed by atoms with E-state index in [2.05, 4.69) is 25.1 Å². The van der Waals surface area contributed by atoms with E-state index in [-0.39, 0.29) is 24.1 Å². The average Bonchev–Trinajstić information content (AvgIpc) is 3.30. The predicted octanol–water partition coefficient (Wildman–Crippen LogP) is 2.42. The Hall–Kier alpha value is -2.61. The molecule has 0 saturated heterocycles. The van der Waals surface area contributed by atoms with Crippen molar-refractivity contribution in [2.24, 2.45) is 0 Å². The minimum absolute atomic E-state index is 0.156. The zero-order chi connectivity index (χ0) is 19.6. The van der Waals surface area contributed by atoms with Crippen LogP contribution >= 0.6 is 11.3 Å². The fraction of sp³-hybridized carbons (Fsp3) is 0.308. The third-order valence-electron chi connectivity index (χ3n) is 3.20. The van der Waals surface area contributed by atoms with Crippen LogP contribution in [0.4, 0.5) is 19.1 Å². The maximum absolute atomic E-state index is 13.0. The zero-order valence-electron chi connectivity index (χ0n) is 13.6. The molecule has 0 spiro atoms. The van der Waals surface area contributed by atoms with Crippen LogP contribution in [0, 0.1) is 5.82 Å². The molecule has 0 aliphatic heterocycles. The number of hydrogen-bond donors (Lipinski definition) is 0. The molecular formula is C13H11F3N6O3S2. The minimum Gasteiger partial charge on any atom is -0.414 e. The van der Waals surface area contributed by atoms with Gasteiger partial charge in [0.25, 0.3) is 11.8 Å². The molecule has 0 saturated carbocycles. The third-order valence-corrected chi connectivity index (χ3v) is 5.86. The van der Waals surface area contributed by atoms with Crippen LogP contribution < -0.4 is 4.31 Å². The number of sulfonamides is 1. The molecule has 144 valence electrons. The number of hydrogen-bond acceptors (Lipinski definition) is 9. The Kier molecular flexibility index (Phi) is 5.36. The van der Waals surface area contributed by atoms with Crippen LogP contribution in [0.2, 0.25) is 0 Å². The molecule has 0 aliphatic rings. The summed E-state index contributed by atoms with van der Waals surface area (Å²) >= 11 is 0.976. The molecule has 0 aliphatic carbocycles. The summed E-state index contributed by atoms with van der Waals surface area (Å²) < 4.78 is 68.5. The maximum Gasteiger partial charge on any atom is 0.314 e. The van der Waals surface area contributed by atoms with Crippen molar-refractivity contribution in [3.8, 4) is 10.8 Å². The highest BCUT2D eigenvalue weighted by Gasteiger charge is 2.25. The molecule has 3 aromatic rings. The Morgan fingerprint density at radius 3 is 2.48 bits per heavy atom. The van der Waals surface area contributed by atoms with Gasteiger partial charge in [-0.05, 0) is 6.92 Å². The Morgan fingerprint density at radius 1 is 1.19 bits per heavy atom. The van der Waals surface area contributed by atoms with Crippen molar-refractivity contribution in [1.29, 1.82) is 0 Å². The SMILES string of the molecule is CCS(=O)(=O)N(Cc1ncc(-c2nnc(C(F)F)o2)s1)c1ncc(F)cn1. The van der Waals surface area contributed by atoms with Crippen LogP contribution in [-0.2, 0) is 16.6 Å². The first-order valence-electron chi connectivity index (χ1n) is 7.34. The summed E-state index contributed by atoms with van der Waals surface area (Å²) in [5, 5.41) is 7.03. The van der Waals surface area contributed by atoms with Crippen molar-refractivity contribution < 1.29 is 26.0 Å². The predicted molar refractivity (Wildman–Crippen MR) is 88.0 cm³/mol. The third kappa shape index (κ3) is 4.21. The molecule has 0 amide bonds. The highest BCUT2D eigenvalue weighted by atomic mass is 32.2. The van der Waals surface area contributed by atoms with Gasteiger partial charge in [0.15, 0.2) is 5.82 Å². The van der Waals surface area contributed by atoms with Gasteiger partial charge in [-0.15, -0.1) is 21.5 Å². The Labute approximate surface area is 155 Å². The number of rotatable bonds is 7. The van der Waals surface area contributed by atoms with E-state index in [0.29, 0.717) is 9.88 Å². The zero-order valence-corrected chi connectivity index (χ0v) is 15.2. The molecule has 0 aromatic carbocycles. The molecule has 3 rings (SSSR count). The highest BCUT2D eigenvalue weighted by Crippen LogP contribution is 2.29. The van der Waals surface area contributed by atoms with E-state index in [9.17, 15) is 21.6 Å². The molecule has 14 heteroatoms. The average molecular weight is 420 g/mol. The van der Waals surface area contributed by atoms with Crippen molar-refractivity contribution in [3.05, 3.63) is 35.3 Å². The lowest BCUT2D eigenvalue weighted by Crippen LogP contribution is -2.33. The molecule has 0 fully saturated rings. The first-order chi connectivity index (χ1) is 12.8. The molecule has 0 bridgehead atoms.